The number of hydrogen-bond donors (Lipinski definition) is 2. The third-order valence-electron chi connectivity index (χ3n) is 5.10. The van der Waals surface area contributed by atoms with Crippen LogP contribution in [0.1, 0.15) is 54.2 Å². The van der Waals surface area contributed by atoms with Crippen molar-refractivity contribution >= 4 is 35.0 Å². The van der Waals surface area contributed by atoms with Gasteiger partial charge in [0.1, 0.15) is 6.04 Å². The van der Waals surface area contributed by atoms with Crippen molar-refractivity contribution < 1.29 is 9.59 Å². The Hall–Kier alpha value is -2.04. The molecule has 2 aromatic carbocycles. The Kier molecular flexibility index (Phi) is 6.63. The van der Waals surface area contributed by atoms with Crippen molar-refractivity contribution in [3.05, 3.63) is 69.2 Å². The maximum atomic E-state index is 13.0. The minimum absolute atomic E-state index is 0.0327. The number of rotatable bonds is 5. The fraction of sp³-hybridized carbons (Fsp3) is 0.364. The van der Waals surface area contributed by atoms with Crippen LogP contribution in [0.15, 0.2) is 42.5 Å². The van der Waals surface area contributed by atoms with Gasteiger partial charge in [0.05, 0.1) is 16.6 Å². The average molecular weight is 419 g/mol. The van der Waals surface area contributed by atoms with Gasteiger partial charge in [-0.1, -0.05) is 61.3 Å². The molecule has 0 aliphatic heterocycles. The third-order valence-corrected chi connectivity index (χ3v) is 5.65. The molecule has 0 radical (unpaired) electrons. The molecule has 28 heavy (non-hydrogen) atoms. The fourth-order valence-electron chi connectivity index (χ4n) is 3.59. The zero-order chi connectivity index (χ0) is 20.3. The Balaban J connectivity index is 1.74. The Morgan fingerprint density at radius 1 is 1.11 bits per heavy atom. The molecule has 2 atom stereocenters. The molecule has 6 heteroatoms. The van der Waals surface area contributed by atoms with Crippen LogP contribution in [0.3, 0.4) is 0 Å². The van der Waals surface area contributed by atoms with Crippen LogP contribution >= 0.6 is 23.2 Å². The SMILES string of the molecule is CC(C)[C@H](NC(=O)c1ccc(Cl)cc1Cl)C(=O)N[C@H]1CCCc2ccccc21. The van der Waals surface area contributed by atoms with Gasteiger partial charge in [-0.2, -0.15) is 0 Å². The molecule has 1 aliphatic carbocycles. The molecule has 0 saturated heterocycles. The number of amides is 2. The first-order chi connectivity index (χ1) is 13.4. The van der Waals surface area contributed by atoms with Crippen molar-refractivity contribution in [3.8, 4) is 0 Å². The topological polar surface area (TPSA) is 58.2 Å². The summed E-state index contributed by atoms with van der Waals surface area (Å²) >= 11 is 12.0. The first kappa shape index (κ1) is 20.7. The smallest absolute Gasteiger partial charge is 0.253 e. The number of halogens is 2. The number of aryl methyl sites for hydroxylation is 1. The summed E-state index contributed by atoms with van der Waals surface area (Å²) in [7, 11) is 0. The van der Waals surface area contributed by atoms with Crippen molar-refractivity contribution in [2.75, 3.05) is 0 Å². The van der Waals surface area contributed by atoms with Gasteiger partial charge in [0.25, 0.3) is 5.91 Å². The summed E-state index contributed by atoms with van der Waals surface area (Å²) in [6.07, 6.45) is 2.95. The summed E-state index contributed by atoms with van der Waals surface area (Å²) in [5.41, 5.74) is 2.74. The molecule has 2 amide bonds. The van der Waals surface area contributed by atoms with Crippen molar-refractivity contribution in [1.82, 2.24) is 10.6 Å². The maximum Gasteiger partial charge on any atom is 0.253 e. The molecule has 0 aromatic heterocycles. The molecule has 0 fully saturated rings. The molecule has 3 rings (SSSR count). The summed E-state index contributed by atoms with van der Waals surface area (Å²) < 4.78 is 0. The largest absolute Gasteiger partial charge is 0.347 e. The second-order valence-corrected chi connectivity index (χ2v) is 8.32. The molecule has 0 heterocycles. The summed E-state index contributed by atoms with van der Waals surface area (Å²) in [5, 5.41) is 6.67. The number of carbonyl (C=O) groups is 2. The van der Waals surface area contributed by atoms with Gasteiger partial charge in [0.2, 0.25) is 5.91 Å². The zero-order valence-electron chi connectivity index (χ0n) is 16.0. The summed E-state index contributed by atoms with van der Waals surface area (Å²) in [6, 6.07) is 12.2. The molecule has 0 spiro atoms. The van der Waals surface area contributed by atoms with E-state index in [1.807, 2.05) is 26.0 Å². The number of fused-ring (bicyclic) bond motifs is 1. The van der Waals surface area contributed by atoms with E-state index in [2.05, 4.69) is 22.8 Å². The minimum Gasteiger partial charge on any atom is -0.347 e. The zero-order valence-corrected chi connectivity index (χ0v) is 17.5. The molecule has 0 saturated carbocycles. The van der Waals surface area contributed by atoms with Gasteiger partial charge >= 0.3 is 0 Å². The Labute approximate surface area is 175 Å². The van der Waals surface area contributed by atoms with Crippen molar-refractivity contribution in [2.24, 2.45) is 5.92 Å². The predicted octanol–water partition coefficient (Wildman–Crippen LogP) is 4.94. The van der Waals surface area contributed by atoms with Gasteiger partial charge in [-0.05, 0) is 54.5 Å². The van der Waals surface area contributed by atoms with Crippen molar-refractivity contribution in [3.63, 3.8) is 0 Å². The highest BCUT2D eigenvalue weighted by Crippen LogP contribution is 2.29. The fourth-order valence-corrected chi connectivity index (χ4v) is 4.09. The normalized spacial score (nSPS) is 17.0. The predicted molar refractivity (Wildman–Crippen MR) is 113 cm³/mol. The standard InChI is InChI=1S/C22H24Cl2N2O2/c1-13(2)20(26-21(27)17-11-10-15(23)12-18(17)24)22(28)25-19-9-5-7-14-6-3-4-8-16(14)19/h3-4,6,8,10-13,19-20H,5,7,9H2,1-2H3,(H,25,28)(H,26,27)/t19-,20-/m0/s1. The highest BCUT2D eigenvalue weighted by molar-refractivity contribution is 6.36. The minimum atomic E-state index is -0.659. The van der Waals surface area contributed by atoms with E-state index in [-0.39, 0.29) is 28.8 Å². The number of nitrogens with one attached hydrogen (secondary N) is 2. The molecule has 0 unspecified atom stereocenters. The number of carbonyl (C=O) groups excluding carboxylic acids is 2. The van der Waals surface area contributed by atoms with Crippen LogP contribution in [0.25, 0.3) is 0 Å². The van der Waals surface area contributed by atoms with Crippen LogP contribution < -0.4 is 10.6 Å². The summed E-state index contributed by atoms with van der Waals surface area (Å²) in [5.74, 6) is -0.649. The summed E-state index contributed by atoms with van der Waals surface area (Å²) in [4.78, 5) is 25.7. The highest BCUT2D eigenvalue weighted by Gasteiger charge is 2.29. The lowest BCUT2D eigenvalue weighted by Gasteiger charge is -2.29. The van der Waals surface area contributed by atoms with Crippen molar-refractivity contribution in [2.45, 2.75) is 45.2 Å². The van der Waals surface area contributed by atoms with E-state index in [1.54, 1.807) is 12.1 Å². The van der Waals surface area contributed by atoms with E-state index in [0.717, 1.165) is 24.8 Å². The molecule has 2 N–H and O–H groups in total. The monoisotopic (exact) mass is 418 g/mol. The second-order valence-electron chi connectivity index (χ2n) is 7.47. The Bertz CT molecular complexity index is 883. The van der Waals surface area contributed by atoms with Crippen LogP contribution in [0.2, 0.25) is 10.0 Å². The molecule has 0 bridgehead atoms. The molecule has 4 nitrogen and oxygen atoms in total. The van der Waals surface area contributed by atoms with Crippen LogP contribution in [0.5, 0.6) is 0 Å². The van der Waals surface area contributed by atoms with E-state index >= 15 is 0 Å². The van der Waals surface area contributed by atoms with E-state index in [0.29, 0.717) is 10.6 Å². The first-order valence-corrected chi connectivity index (χ1v) is 10.3. The van der Waals surface area contributed by atoms with Gasteiger partial charge in [-0.15, -0.1) is 0 Å². The molecule has 148 valence electrons. The lowest BCUT2D eigenvalue weighted by atomic mass is 9.87. The quantitative estimate of drug-likeness (QED) is 0.721. The van der Waals surface area contributed by atoms with Gasteiger partial charge in [-0.3, -0.25) is 9.59 Å². The van der Waals surface area contributed by atoms with Crippen LogP contribution in [0.4, 0.5) is 0 Å². The molecule has 2 aromatic rings. The van der Waals surface area contributed by atoms with Crippen LogP contribution in [-0.4, -0.2) is 17.9 Å². The summed E-state index contributed by atoms with van der Waals surface area (Å²) in [6.45, 7) is 3.81. The molecule has 1 aliphatic rings. The van der Waals surface area contributed by atoms with E-state index in [1.165, 1.54) is 11.6 Å². The lowest BCUT2D eigenvalue weighted by molar-refractivity contribution is -0.124. The lowest BCUT2D eigenvalue weighted by Crippen LogP contribution is -2.50. The van der Waals surface area contributed by atoms with E-state index in [4.69, 9.17) is 23.2 Å². The van der Waals surface area contributed by atoms with Crippen molar-refractivity contribution in [1.29, 1.82) is 0 Å². The first-order valence-electron chi connectivity index (χ1n) is 9.51. The highest BCUT2D eigenvalue weighted by atomic mass is 35.5. The van der Waals surface area contributed by atoms with Crippen LogP contribution in [-0.2, 0) is 11.2 Å². The Morgan fingerprint density at radius 2 is 1.86 bits per heavy atom. The number of hydrogen-bond acceptors (Lipinski definition) is 2. The van der Waals surface area contributed by atoms with Gasteiger partial charge in [-0.25, -0.2) is 0 Å². The van der Waals surface area contributed by atoms with Gasteiger partial charge < -0.3 is 10.6 Å². The van der Waals surface area contributed by atoms with Gasteiger partial charge in [0.15, 0.2) is 0 Å². The Morgan fingerprint density at radius 3 is 2.57 bits per heavy atom. The maximum absolute atomic E-state index is 13.0. The second kappa shape index (κ2) is 8.97. The van der Waals surface area contributed by atoms with E-state index in [9.17, 15) is 9.59 Å². The molecular formula is C22H24Cl2N2O2. The van der Waals surface area contributed by atoms with Crippen LogP contribution in [0, 0.1) is 5.92 Å². The van der Waals surface area contributed by atoms with Gasteiger partial charge in [0, 0.05) is 5.02 Å². The molecular weight excluding hydrogens is 395 g/mol. The number of benzene rings is 2. The average Bonchev–Trinajstić information content (AvgIpc) is 2.66. The third kappa shape index (κ3) is 4.68. The van der Waals surface area contributed by atoms with E-state index < -0.39 is 6.04 Å².